The summed E-state index contributed by atoms with van der Waals surface area (Å²) in [5, 5.41) is 0. The van der Waals surface area contributed by atoms with Crippen molar-refractivity contribution in [2.24, 2.45) is 0 Å². The Hall–Kier alpha value is -1.06. The van der Waals surface area contributed by atoms with Gasteiger partial charge in [-0.25, -0.2) is 37.8 Å². The van der Waals surface area contributed by atoms with Crippen LogP contribution in [0.2, 0.25) is 0 Å². The summed E-state index contributed by atoms with van der Waals surface area (Å²) in [5.74, 6) is -0.156. The van der Waals surface area contributed by atoms with Gasteiger partial charge in [0.1, 0.15) is 30.2 Å². The Kier molecular flexibility index (Phi) is 9.42. The van der Waals surface area contributed by atoms with E-state index >= 15 is 0 Å². The normalized spacial score (nSPS) is 25.9. The van der Waals surface area contributed by atoms with E-state index in [9.17, 15) is 52.2 Å². The number of phosphoric acid groups is 5. The fourth-order valence-corrected chi connectivity index (χ4v) is 7.29. The van der Waals surface area contributed by atoms with Gasteiger partial charge in [0.25, 0.3) is 0 Å². The molecule has 0 aliphatic carbocycles. The van der Waals surface area contributed by atoms with Crippen LogP contribution in [0.1, 0.15) is 6.23 Å². The van der Waals surface area contributed by atoms with Crippen molar-refractivity contribution in [3.8, 4) is 0 Å². The molecule has 0 saturated carbocycles. The van der Waals surface area contributed by atoms with Gasteiger partial charge >= 0.3 is 39.1 Å². The van der Waals surface area contributed by atoms with Gasteiger partial charge in [0, 0.05) is 0 Å². The predicted molar refractivity (Wildman–Crippen MR) is 117 cm³/mol. The highest BCUT2D eigenvalue weighted by atomic mass is 31.3. The molecular weight excluding hydrogens is 649 g/mol. The number of phosphoric ester groups is 3. The molecule has 2 aromatic heterocycles. The number of nitrogens with zero attached hydrogens (tertiary/aromatic N) is 4. The highest BCUT2D eigenvalue weighted by Gasteiger charge is 2.53. The highest BCUT2D eigenvalue weighted by Crippen LogP contribution is 2.66. The monoisotopic (exact) mass is 667 g/mol. The van der Waals surface area contributed by atoms with E-state index in [4.69, 9.17) is 20.3 Å². The van der Waals surface area contributed by atoms with Crippen LogP contribution >= 0.6 is 39.1 Å². The molecule has 0 bridgehead atoms. The van der Waals surface area contributed by atoms with Crippen LogP contribution in [0.25, 0.3) is 11.2 Å². The van der Waals surface area contributed by atoms with E-state index in [0.717, 1.165) is 17.2 Å². The Labute approximate surface area is 214 Å². The van der Waals surface area contributed by atoms with Crippen molar-refractivity contribution in [2.45, 2.75) is 24.5 Å². The van der Waals surface area contributed by atoms with E-state index in [1.165, 1.54) is 0 Å². The zero-order chi connectivity index (χ0) is 29.6. The molecule has 1 aliphatic rings. The SMILES string of the molecule is Nc1ncnc2c1ncn2[C@@H]1O[C@H](COP(=O)(O)OP(=O)(O)OP(=O)(O)O)C(OP(=O)(O)O)[C@@H]1OP(=O)(O)O. The molecule has 3 heterocycles. The van der Waals surface area contributed by atoms with Crippen LogP contribution in [-0.4, -0.2) is 83.6 Å². The molecule has 0 radical (unpaired) electrons. The summed E-state index contributed by atoms with van der Waals surface area (Å²) in [6.07, 6.45) is -6.24. The number of imidazole rings is 1. The smallest absolute Gasteiger partial charge is 0.382 e. The second-order valence-electron chi connectivity index (χ2n) is 7.16. The maximum absolute atomic E-state index is 12.1. The molecule has 3 unspecified atom stereocenters. The molecule has 29 heteroatoms. The molecule has 222 valence electrons. The Balaban J connectivity index is 1.96. The average molecular weight is 667 g/mol. The third kappa shape index (κ3) is 9.22. The van der Waals surface area contributed by atoms with Gasteiger partial charge in [0.15, 0.2) is 17.7 Å². The summed E-state index contributed by atoms with van der Waals surface area (Å²) < 4.78 is 84.6. The fraction of sp³-hybridized carbons (Fsp3) is 0.500. The minimum absolute atomic E-state index is 0.0554. The number of hydrogen-bond donors (Lipinski definition) is 9. The summed E-state index contributed by atoms with van der Waals surface area (Å²) in [6.45, 7) is -1.35. The van der Waals surface area contributed by atoms with E-state index < -0.39 is 70.3 Å². The lowest BCUT2D eigenvalue weighted by Crippen LogP contribution is -2.37. The first kappa shape index (κ1) is 32.5. The summed E-state index contributed by atoms with van der Waals surface area (Å²) in [4.78, 5) is 84.9. The fourth-order valence-electron chi connectivity index (χ4n) is 3.15. The first-order valence-corrected chi connectivity index (χ1v) is 17.0. The molecule has 3 rings (SSSR count). The third-order valence-corrected chi connectivity index (χ3v) is 9.12. The minimum atomic E-state index is -5.93. The van der Waals surface area contributed by atoms with Crippen LogP contribution in [0.4, 0.5) is 5.82 Å². The quantitative estimate of drug-likeness (QED) is 0.118. The van der Waals surface area contributed by atoms with Gasteiger partial charge in [0.05, 0.1) is 12.9 Å². The minimum Gasteiger partial charge on any atom is -0.382 e. The molecule has 1 saturated heterocycles. The topological polar surface area (TPSA) is 372 Å². The lowest BCUT2D eigenvalue weighted by molar-refractivity contribution is -0.0495. The number of anilines is 1. The van der Waals surface area contributed by atoms with Crippen molar-refractivity contribution in [1.82, 2.24) is 19.5 Å². The number of aromatic nitrogens is 4. The number of ether oxygens (including phenoxy) is 1. The number of nitrogens with two attached hydrogens (primary N) is 1. The second kappa shape index (κ2) is 11.3. The Morgan fingerprint density at radius 3 is 1.97 bits per heavy atom. The van der Waals surface area contributed by atoms with Crippen LogP contribution in [0.3, 0.4) is 0 Å². The van der Waals surface area contributed by atoms with Crippen molar-refractivity contribution < 1.29 is 88.9 Å². The number of hydrogen-bond acceptors (Lipinski definition) is 15. The number of fused-ring (bicyclic) bond motifs is 1. The van der Waals surface area contributed by atoms with Crippen molar-refractivity contribution in [2.75, 3.05) is 12.3 Å². The van der Waals surface area contributed by atoms with Gasteiger partial charge in [-0.2, -0.15) is 8.62 Å². The van der Waals surface area contributed by atoms with E-state index in [1.54, 1.807) is 0 Å². The molecule has 6 atom stereocenters. The number of rotatable bonds is 12. The second-order valence-corrected chi connectivity index (χ2v) is 14.0. The molecule has 10 N–H and O–H groups in total. The average Bonchev–Trinajstić information content (AvgIpc) is 3.24. The number of nitrogen functional groups attached to an aromatic ring is 1. The highest BCUT2D eigenvalue weighted by molar-refractivity contribution is 7.66. The zero-order valence-electron chi connectivity index (χ0n) is 18.3. The molecule has 0 spiro atoms. The zero-order valence-corrected chi connectivity index (χ0v) is 22.8. The lowest BCUT2D eigenvalue weighted by atomic mass is 10.1. The van der Waals surface area contributed by atoms with E-state index in [1.807, 2.05) is 0 Å². The van der Waals surface area contributed by atoms with Crippen molar-refractivity contribution >= 4 is 56.1 Å². The molecule has 39 heavy (non-hydrogen) atoms. The standard InChI is InChI=1S/C10H18N5O19P5/c11-8-5-9(13-2-12-8)15(3-14-5)10-7(32-36(19,20)21)6(31-35(16,17)18)4(30-10)1-29-38(25,26)34-39(27,28)33-37(22,23)24/h2-4,6-7,10H,1H2,(H,25,26)(H,27,28)(H2,11,12,13)(H2,16,17,18)(H2,19,20,21)(H2,22,23,24)/t4-,6?,7+,10-/m1/s1. The maximum Gasteiger partial charge on any atom is 0.490 e. The van der Waals surface area contributed by atoms with Crippen LogP contribution in [-0.2, 0) is 49.8 Å². The van der Waals surface area contributed by atoms with Crippen LogP contribution in [0, 0.1) is 0 Å². The van der Waals surface area contributed by atoms with Gasteiger partial charge in [-0.15, -0.1) is 0 Å². The molecule has 0 amide bonds. The van der Waals surface area contributed by atoms with Gasteiger partial charge in [-0.05, 0) is 0 Å². The molecule has 1 fully saturated rings. The van der Waals surface area contributed by atoms with Crippen LogP contribution in [0.15, 0.2) is 12.7 Å². The maximum atomic E-state index is 12.1. The Morgan fingerprint density at radius 2 is 1.41 bits per heavy atom. The Morgan fingerprint density at radius 1 is 0.821 bits per heavy atom. The van der Waals surface area contributed by atoms with Gasteiger partial charge < -0.3 is 49.6 Å². The van der Waals surface area contributed by atoms with Crippen molar-refractivity contribution in [3.05, 3.63) is 12.7 Å². The summed E-state index contributed by atoms with van der Waals surface area (Å²) >= 11 is 0. The van der Waals surface area contributed by atoms with Crippen LogP contribution < -0.4 is 5.73 Å². The predicted octanol–water partition coefficient (Wildman–Crippen LogP) is -1.40. The van der Waals surface area contributed by atoms with Crippen molar-refractivity contribution in [3.63, 3.8) is 0 Å². The van der Waals surface area contributed by atoms with Crippen LogP contribution in [0.5, 0.6) is 0 Å². The van der Waals surface area contributed by atoms with Gasteiger partial charge in [0.2, 0.25) is 0 Å². The summed E-state index contributed by atoms with van der Waals surface area (Å²) in [5.41, 5.74) is 5.48. The molecule has 24 nitrogen and oxygen atoms in total. The largest absolute Gasteiger partial charge is 0.490 e. The molecule has 2 aromatic rings. The van der Waals surface area contributed by atoms with E-state index in [0.29, 0.717) is 0 Å². The first-order valence-electron chi connectivity index (χ1n) is 9.40. The lowest BCUT2D eigenvalue weighted by Gasteiger charge is -2.25. The van der Waals surface area contributed by atoms with E-state index in [-0.39, 0.29) is 17.0 Å². The summed E-state index contributed by atoms with van der Waals surface area (Å²) in [6, 6.07) is 0. The Bertz CT molecular complexity index is 1450. The first-order chi connectivity index (χ1) is 17.6. The van der Waals surface area contributed by atoms with Gasteiger partial charge in [-0.1, -0.05) is 0 Å². The molecule has 1 aliphatic heterocycles. The molecular formula is C10H18N5O19P5. The van der Waals surface area contributed by atoms with Gasteiger partial charge in [-0.3, -0.25) is 18.1 Å². The summed E-state index contributed by atoms with van der Waals surface area (Å²) in [7, 11) is -28.4. The molecule has 0 aromatic carbocycles. The third-order valence-electron chi connectivity index (χ3n) is 4.28. The van der Waals surface area contributed by atoms with Crippen molar-refractivity contribution in [1.29, 1.82) is 0 Å². The van der Waals surface area contributed by atoms with E-state index in [2.05, 4.69) is 37.1 Å².